The molecule has 2 heterocycles. The molecule has 2 aromatic heterocycles. The van der Waals surface area contributed by atoms with Gasteiger partial charge in [-0.25, -0.2) is 0 Å². The van der Waals surface area contributed by atoms with Crippen molar-refractivity contribution in [3.05, 3.63) is 354 Å². The van der Waals surface area contributed by atoms with Gasteiger partial charge in [0.05, 0.1) is 0 Å². The molecule has 98 heavy (non-hydrogen) atoms. The molecule has 2 N–H and O–H groups in total. The average Bonchev–Trinajstić information content (AvgIpc) is 1.57. The molecule has 0 amide bonds. The smallest absolute Gasteiger partial charge is 0.423 e. The lowest BCUT2D eigenvalue weighted by atomic mass is 9.80. The molecule has 2 aliphatic carbocycles. The average molecular weight is 1360 g/mol. The number of rotatable bonds is 10. The number of benzene rings is 14. The Hall–Kier alpha value is -10.4. The summed E-state index contributed by atoms with van der Waals surface area (Å²) >= 11 is 7.40. The summed E-state index contributed by atoms with van der Waals surface area (Å²) < 4.78 is 6.55. The minimum atomic E-state index is -1.48. The van der Waals surface area contributed by atoms with E-state index < -0.39 is 7.12 Å². The molecular weight excluding hydrogens is 1300 g/mol. The Balaban J connectivity index is 0.000000125. The van der Waals surface area contributed by atoms with Crippen molar-refractivity contribution in [1.82, 2.24) is 0 Å². The van der Waals surface area contributed by atoms with Crippen LogP contribution in [0.15, 0.2) is 332 Å². The molecule has 18 rings (SSSR count). The minimum absolute atomic E-state index is 0.00361. The predicted molar refractivity (Wildman–Crippen MR) is 423 cm³/mol. The molecule has 0 saturated carbocycles. The summed E-state index contributed by atoms with van der Waals surface area (Å²) in [5.41, 5.74) is 25.3. The van der Waals surface area contributed by atoms with Gasteiger partial charge in [0.15, 0.2) is 0 Å². The Labute approximate surface area is 589 Å². The number of halogens is 1. The standard InChI is InChI=1S/C45H33NS.C27H19BrS.C18H16BNO2/c1-45(2)41-28-32(30-12-11-17-36(26-30)46(34-13-5-3-6-14-34)35-15-7-4-8-16-35)20-23-37(41)38-24-21-33(29-42(38)45)31-22-25-44-40(27-31)39-18-9-10-19-43(39)47-44;1-27(2)23-14-17(7-10-19(23)20-11-9-18(28)15-24(20)27)16-8-12-26-22(13-16)21-5-3-4-6-25(21)29-26;21-19(22)15-8-7-13-18(14-15)20(16-9-3-1-4-10-16)17-11-5-2-6-12-17/h3-29H,1-2H3;3-15H,1-2H3;1-14,21-22H. The molecule has 0 unspecified atom stereocenters. The van der Waals surface area contributed by atoms with Gasteiger partial charge in [0.1, 0.15) is 0 Å². The largest absolute Gasteiger partial charge is 0.488 e. The van der Waals surface area contributed by atoms with Crippen LogP contribution >= 0.6 is 38.6 Å². The van der Waals surface area contributed by atoms with Gasteiger partial charge in [-0.2, -0.15) is 0 Å². The van der Waals surface area contributed by atoms with Gasteiger partial charge in [-0.1, -0.05) is 232 Å². The van der Waals surface area contributed by atoms with E-state index in [1.54, 1.807) is 12.1 Å². The van der Waals surface area contributed by atoms with Gasteiger partial charge >= 0.3 is 7.12 Å². The van der Waals surface area contributed by atoms with Gasteiger partial charge in [0.2, 0.25) is 0 Å². The van der Waals surface area contributed by atoms with Crippen LogP contribution in [-0.4, -0.2) is 17.2 Å². The first-order valence-corrected chi connectivity index (χ1v) is 35.7. The molecule has 0 saturated heterocycles. The molecule has 0 atom stereocenters. The summed E-state index contributed by atoms with van der Waals surface area (Å²) in [6.45, 7) is 9.43. The summed E-state index contributed by atoms with van der Waals surface area (Å²) in [6, 6.07) is 116. The second-order valence-electron chi connectivity index (χ2n) is 26.4. The van der Waals surface area contributed by atoms with Crippen LogP contribution in [0, 0.1) is 0 Å². The highest BCUT2D eigenvalue weighted by molar-refractivity contribution is 9.10. The maximum Gasteiger partial charge on any atom is 0.488 e. The third kappa shape index (κ3) is 11.6. The van der Waals surface area contributed by atoms with Crippen LogP contribution in [-0.2, 0) is 10.8 Å². The van der Waals surface area contributed by atoms with Crippen molar-refractivity contribution in [2.75, 3.05) is 9.80 Å². The van der Waals surface area contributed by atoms with Crippen LogP contribution in [0.5, 0.6) is 0 Å². The number of hydrogen-bond donors (Lipinski definition) is 2. The lowest BCUT2D eigenvalue weighted by Crippen LogP contribution is -2.30. The molecule has 0 bridgehead atoms. The van der Waals surface area contributed by atoms with Crippen LogP contribution in [0.2, 0.25) is 0 Å². The van der Waals surface area contributed by atoms with Crippen molar-refractivity contribution in [1.29, 1.82) is 0 Å². The zero-order valence-electron chi connectivity index (χ0n) is 54.7. The monoisotopic (exact) mass is 1360 g/mol. The quantitative estimate of drug-likeness (QED) is 0.134. The molecule has 0 spiro atoms. The van der Waals surface area contributed by atoms with Crippen molar-refractivity contribution >= 4 is 126 Å². The Morgan fingerprint density at radius 2 is 0.592 bits per heavy atom. The fourth-order valence-electron chi connectivity index (χ4n) is 14.6. The summed E-state index contributed by atoms with van der Waals surface area (Å²) in [4.78, 5) is 4.40. The van der Waals surface area contributed by atoms with Gasteiger partial charge in [-0.3, -0.25) is 0 Å². The summed E-state index contributed by atoms with van der Waals surface area (Å²) in [7, 11) is -1.48. The van der Waals surface area contributed by atoms with E-state index in [1.807, 2.05) is 95.5 Å². The maximum atomic E-state index is 9.41. The highest BCUT2D eigenvalue weighted by Crippen LogP contribution is 2.53. The van der Waals surface area contributed by atoms with Crippen molar-refractivity contribution in [3.63, 3.8) is 0 Å². The van der Waals surface area contributed by atoms with Crippen LogP contribution in [0.1, 0.15) is 49.9 Å². The topological polar surface area (TPSA) is 46.9 Å². The first kappa shape index (κ1) is 62.4. The second-order valence-corrected chi connectivity index (χ2v) is 29.5. The van der Waals surface area contributed by atoms with Crippen molar-refractivity contribution in [2.24, 2.45) is 0 Å². The Morgan fingerprint density at radius 3 is 1.01 bits per heavy atom. The summed E-state index contributed by atoms with van der Waals surface area (Å²) in [5.74, 6) is 0. The third-order valence-corrected chi connectivity index (χ3v) is 22.5. The van der Waals surface area contributed by atoms with Gasteiger partial charge in [0.25, 0.3) is 0 Å². The molecule has 472 valence electrons. The highest BCUT2D eigenvalue weighted by Gasteiger charge is 2.37. The van der Waals surface area contributed by atoms with Crippen LogP contribution < -0.4 is 15.3 Å². The van der Waals surface area contributed by atoms with Gasteiger partial charge in [0, 0.05) is 89.8 Å². The Bertz CT molecular complexity index is 5570. The van der Waals surface area contributed by atoms with E-state index in [0.29, 0.717) is 5.46 Å². The number of hydrogen-bond acceptors (Lipinski definition) is 6. The molecular formula is C90H68BBrN2O2S2. The van der Waals surface area contributed by atoms with Crippen LogP contribution in [0.25, 0.3) is 96.0 Å². The van der Waals surface area contributed by atoms with E-state index in [2.05, 4.69) is 296 Å². The molecule has 0 fully saturated rings. The third-order valence-electron chi connectivity index (χ3n) is 19.7. The normalized spacial score (nSPS) is 12.8. The van der Waals surface area contributed by atoms with E-state index in [0.717, 1.165) is 38.6 Å². The molecule has 16 aromatic rings. The van der Waals surface area contributed by atoms with E-state index in [1.165, 1.54) is 118 Å². The van der Waals surface area contributed by atoms with E-state index in [4.69, 9.17) is 0 Å². The zero-order valence-corrected chi connectivity index (χ0v) is 58.0. The first-order valence-electron chi connectivity index (χ1n) is 33.3. The Kier molecular flexibility index (Phi) is 16.5. The molecule has 2 aliphatic rings. The lowest BCUT2D eigenvalue weighted by Gasteiger charge is -2.26. The number of anilines is 6. The molecule has 14 aromatic carbocycles. The second kappa shape index (κ2) is 25.9. The molecule has 8 heteroatoms. The van der Waals surface area contributed by atoms with Crippen molar-refractivity contribution in [2.45, 2.75) is 38.5 Å². The SMILES string of the molecule is CC1(C)c2cc(-c3cccc(N(c4ccccc4)c4ccccc4)c3)ccc2-c2ccc(-c3ccc4sc5ccccc5c4c3)cc21.CC1(C)c2cc(Br)ccc2-c2ccc(-c3ccc4sc5ccccc5c4c3)cc21.OB(O)c1cccc(N(c2ccccc2)c2ccccc2)c1. The van der Waals surface area contributed by atoms with Crippen LogP contribution in [0.3, 0.4) is 0 Å². The first-order chi connectivity index (χ1) is 47.8. The summed E-state index contributed by atoms with van der Waals surface area (Å²) in [5, 5.41) is 24.2. The lowest BCUT2D eigenvalue weighted by molar-refractivity contribution is 0.426. The van der Waals surface area contributed by atoms with Gasteiger partial charge in [-0.05, 0) is 223 Å². The maximum absolute atomic E-state index is 9.41. The minimum Gasteiger partial charge on any atom is -0.423 e. The number of para-hydroxylation sites is 4. The van der Waals surface area contributed by atoms with Crippen molar-refractivity contribution in [3.8, 4) is 55.6 Å². The van der Waals surface area contributed by atoms with E-state index in [9.17, 15) is 10.0 Å². The molecule has 4 nitrogen and oxygen atoms in total. The summed E-state index contributed by atoms with van der Waals surface area (Å²) in [6.07, 6.45) is 0. The van der Waals surface area contributed by atoms with Gasteiger partial charge < -0.3 is 19.8 Å². The number of fused-ring (bicyclic) bond motifs is 12. The number of thiophene rings is 2. The molecule has 0 aliphatic heterocycles. The van der Waals surface area contributed by atoms with E-state index >= 15 is 0 Å². The van der Waals surface area contributed by atoms with Gasteiger partial charge in [-0.15, -0.1) is 22.7 Å². The van der Waals surface area contributed by atoms with Crippen molar-refractivity contribution < 1.29 is 10.0 Å². The fourth-order valence-corrected chi connectivity index (χ4v) is 17.2. The van der Waals surface area contributed by atoms with E-state index in [-0.39, 0.29) is 10.8 Å². The highest BCUT2D eigenvalue weighted by atomic mass is 79.9. The fraction of sp³-hybridized carbons (Fsp3) is 0.0667. The number of nitrogens with zero attached hydrogens (tertiary/aromatic N) is 2. The Morgan fingerprint density at radius 1 is 0.276 bits per heavy atom. The predicted octanol–water partition coefficient (Wildman–Crippen LogP) is 24.8. The molecule has 0 radical (unpaired) electrons. The zero-order chi connectivity index (χ0) is 66.7. The van der Waals surface area contributed by atoms with Crippen LogP contribution in [0.4, 0.5) is 34.1 Å².